The molecule has 1 aliphatic rings. The van der Waals surface area contributed by atoms with Crippen LogP contribution in [0.25, 0.3) is 0 Å². The summed E-state index contributed by atoms with van der Waals surface area (Å²) in [6, 6.07) is 19.1. The molecule has 0 aliphatic carbocycles. The Labute approximate surface area is 147 Å². The van der Waals surface area contributed by atoms with E-state index in [0.29, 0.717) is 6.54 Å². The first-order chi connectivity index (χ1) is 12.2. The van der Waals surface area contributed by atoms with E-state index in [4.69, 9.17) is 9.57 Å². The first kappa shape index (κ1) is 17.3. The van der Waals surface area contributed by atoms with Crippen LogP contribution >= 0.6 is 0 Å². The van der Waals surface area contributed by atoms with Crippen molar-refractivity contribution in [3.05, 3.63) is 71.8 Å². The fourth-order valence-corrected chi connectivity index (χ4v) is 3.15. The van der Waals surface area contributed by atoms with Crippen LogP contribution < -0.4 is 0 Å². The number of ether oxygens (including phenoxy) is 1. The van der Waals surface area contributed by atoms with Gasteiger partial charge in [0.2, 0.25) is 0 Å². The van der Waals surface area contributed by atoms with Gasteiger partial charge in [0, 0.05) is 6.54 Å². The predicted molar refractivity (Wildman–Crippen MR) is 92.2 cm³/mol. The van der Waals surface area contributed by atoms with Crippen molar-refractivity contribution in [3.8, 4) is 0 Å². The molecule has 25 heavy (non-hydrogen) atoms. The highest BCUT2D eigenvalue weighted by Crippen LogP contribution is 2.39. The Morgan fingerprint density at radius 3 is 2.36 bits per heavy atom. The zero-order valence-electron chi connectivity index (χ0n) is 14.1. The summed E-state index contributed by atoms with van der Waals surface area (Å²) in [6.45, 7) is 2.46. The second-order valence-electron chi connectivity index (χ2n) is 5.91. The number of esters is 1. The van der Waals surface area contributed by atoms with Crippen LogP contribution in [0.3, 0.4) is 0 Å². The maximum absolute atomic E-state index is 12.3. The highest BCUT2D eigenvalue weighted by molar-refractivity contribution is 5.80. The van der Waals surface area contributed by atoms with Crippen LogP contribution in [0, 0.1) is 5.92 Å². The van der Waals surface area contributed by atoms with Gasteiger partial charge in [0.15, 0.2) is 6.10 Å². The Balaban J connectivity index is 1.92. The lowest BCUT2D eigenvalue weighted by molar-refractivity contribution is -0.194. The second-order valence-corrected chi connectivity index (χ2v) is 5.91. The minimum atomic E-state index is -0.925. The summed E-state index contributed by atoms with van der Waals surface area (Å²) in [5.41, 5.74) is 1.97. The number of hydroxylamine groups is 2. The molecule has 5 nitrogen and oxygen atoms in total. The van der Waals surface area contributed by atoms with Crippen LogP contribution in [-0.4, -0.2) is 30.0 Å². The summed E-state index contributed by atoms with van der Waals surface area (Å²) >= 11 is 0. The minimum Gasteiger partial charge on any atom is -0.464 e. The van der Waals surface area contributed by atoms with Crippen LogP contribution in [0.4, 0.5) is 0 Å². The Kier molecular flexibility index (Phi) is 5.58. The molecule has 0 saturated carbocycles. The molecule has 130 valence electrons. The molecule has 1 saturated heterocycles. The maximum atomic E-state index is 12.3. The molecule has 1 heterocycles. The van der Waals surface area contributed by atoms with Crippen LogP contribution in [0.1, 0.15) is 24.1 Å². The molecule has 0 amide bonds. The average Bonchev–Trinajstić information content (AvgIpc) is 3.02. The number of hydrogen-bond acceptors (Lipinski definition) is 5. The van der Waals surface area contributed by atoms with Crippen molar-refractivity contribution in [2.24, 2.45) is 5.92 Å². The van der Waals surface area contributed by atoms with Gasteiger partial charge < -0.3 is 9.53 Å². The van der Waals surface area contributed by atoms with Crippen molar-refractivity contribution in [3.63, 3.8) is 0 Å². The molecular formula is C20H21NO4. The molecule has 3 atom stereocenters. The minimum absolute atomic E-state index is 0.249. The van der Waals surface area contributed by atoms with Gasteiger partial charge in [-0.3, -0.25) is 4.84 Å². The molecule has 1 fully saturated rings. The van der Waals surface area contributed by atoms with Gasteiger partial charge in [-0.2, -0.15) is 5.06 Å². The van der Waals surface area contributed by atoms with E-state index in [9.17, 15) is 9.59 Å². The van der Waals surface area contributed by atoms with Crippen molar-refractivity contribution in [2.45, 2.75) is 25.6 Å². The summed E-state index contributed by atoms with van der Waals surface area (Å²) in [4.78, 5) is 29.9. The fraction of sp³-hybridized carbons (Fsp3) is 0.300. The summed E-state index contributed by atoms with van der Waals surface area (Å²) in [6.07, 6.45) is -0.129. The van der Waals surface area contributed by atoms with Crippen molar-refractivity contribution in [1.29, 1.82) is 0 Å². The third-order valence-corrected chi connectivity index (χ3v) is 4.27. The first-order valence-corrected chi connectivity index (χ1v) is 8.38. The third-order valence-electron chi connectivity index (χ3n) is 4.27. The Hall–Kier alpha value is -2.50. The number of carbonyl (C=O) groups excluding carboxylic acids is 2. The molecule has 0 bridgehead atoms. The summed E-state index contributed by atoms with van der Waals surface area (Å²) in [5.74, 6) is -1.12. The molecule has 0 aromatic heterocycles. The lowest BCUT2D eigenvalue weighted by atomic mass is 9.90. The maximum Gasteiger partial charge on any atom is 0.338 e. The smallest absolute Gasteiger partial charge is 0.338 e. The normalized spacial score (nSPS) is 23.3. The average molecular weight is 339 g/mol. The van der Waals surface area contributed by atoms with E-state index in [-0.39, 0.29) is 12.6 Å². The largest absolute Gasteiger partial charge is 0.464 e. The van der Waals surface area contributed by atoms with Gasteiger partial charge in [-0.1, -0.05) is 60.7 Å². The van der Waals surface area contributed by atoms with Gasteiger partial charge in [0.05, 0.1) is 18.6 Å². The fourth-order valence-electron chi connectivity index (χ4n) is 3.15. The van der Waals surface area contributed by atoms with Crippen LogP contribution in [0.5, 0.6) is 0 Å². The molecular weight excluding hydrogens is 318 g/mol. The number of benzene rings is 2. The van der Waals surface area contributed by atoms with Crippen molar-refractivity contribution in [2.75, 3.05) is 6.61 Å². The van der Waals surface area contributed by atoms with Gasteiger partial charge in [-0.15, -0.1) is 0 Å². The second kappa shape index (κ2) is 8.05. The lowest BCUT2D eigenvalue weighted by Crippen LogP contribution is -2.31. The molecule has 2 aromatic rings. The van der Waals surface area contributed by atoms with Gasteiger partial charge >= 0.3 is 5.97 Å². The number of rotatable bonds is 6. The van der Waals surface area contributed by atoms with E-state index in [1.807, 2.05) is 60.7 Å². The zero-order valence-corrected chi connectivity index (χ0v) is 14.1. The standard InChI is InChI=1S/C20H21NO4/c1-2-24-20(23)19-17(14-22)18(16-11-7-4-8-12-16)21(25-19)13-15-9-5-3-6-10-15/h3-12,14,17-19H,2,13H2,1H3/t17-,18-,19-/m0/s1. The number of hydrogen-bond donors (Lipinski definition) is 0. The number of aldehydes is 1. The molecule has 1 aliphatic heterocycles. The number of carbonyl (C=O) groups is 2. The van der Waals surface area contributed by atoms with Gasteiger partial charge in [0.1, 0.15) is 6.29 Å². The van der Waals surface area contributed by atoms with E-state index in [2.05, 4.69) is 0 Å². The quantitative estimate of drug-likeness (QED) is 0.598. The molecule has 0 unspecified atom stereocenters. The summed E-state index contributed by atoms with van der Waals surface area (Å²) < 4.78 is 5.09. The lowest BCUT2D eigenvalue weighted by Gasteiger charge is -2.24. The predicted octanol–water partition coefficient (Wildman–Crippen LogP) is 2.92. The van der Waals surface area contributed by atoms with E-state index >= 15 is 0 Å². The number of nitrogens with zero attached hydrogens (tertiary/aromatic N) is 1. The highest BCUT2D eigenvalue weighted by Gasteiger charge is 2.48. The van der Waals surface area contributed by atoms with Crippen LogP contribution in [-0.2, 0) is 25.7 Å². The summed E-state index contributed by atoms with van der Waals surface area (Å²) in [7, 11) is 0. The van der Waals surface area contributed by atoms with Crippen LogP contribution in [0.2, 0.25) is 0 Å². The topological polar surface area (TPSA) is 55.8 Å². The van der Waals surface area contributed by atoms with E-state index in [1.54, 1.807) is 12.0 Å². The monoisotopic (exact) mass is 339 g/mol. The van der Waals surface area contributed by atoms with Crippen molar-refractivity contribution >= 4 is 12.3 Å². The SMILES string of the molecule is CCOC(=O)[C@H]1ON(Cc2ccccc2)[C@@H](c2ccccc2)[C@@H]1C=O. The Morgan fingerprint density at radius 2 is 1.76 bits per heavy atom. The molecule has 5 heteroatoms. The highest BCUT2D eigenvalue weighted by atomic mass is 16.7. The molecule has 2 aromatic carbocycles. The first-order valence-electron chi connectivity index (χ1n) is 8.38. The Bertz CT molecular complexity index is 704. The summed E-state index contributed by atoms with van der Waals surface area (Å²) in [5, 5.41) is 1.71. The Morgan fingerprint density at radius 1 is 1.12 bits per heavy atom. The van der Waals surface area contributed by atoms with Crippen molar-refractivity contribution in [1.82, 2.24) is 5.06 Å². The molecule has 0 spiro atoms. The van der Waals surface area contributed by atoms with E-state index in [1.165, 1.54) is 0 Å². The van der Waals surface area contributed by atoms with Gasteiger partial charge in [-0.25, -0.2) is 4.79 Å². The molecule has 0 radical (unpaired) electrons. The van der Waals surface area contributed by atoms with Gasteiger partial charge in [-0.05, 0) is 18.1 Å². The van der Waals surface area contributed by atoms with Gasteiger partial charge in [0.25, 0.3) is 0 Å². The van der Waals surface area contributed by atoms with Crippen molar-refractivity contribution < 1.29 is 19.2 Å². The van der Waals surface area contributed by atoms with E-state index < -0.39 is 18.0 Å². The molecule has 0 N–H and O–H groups in total. The zero-order chi connectivity index (χ0) is 17.6. The molecule has 3 rings (SSSR count). The van der Waals surface area contributed by atoms with Crippen LogP contribution in [0.15, 0.2) is 60.7 Å². The van der Waals surface area contributed by atoms with E-state index in [0.717, 1.165) is 17.4 Å². The third kappa shape index (κ3) is 3.78.